The third kappa shape index (κ3) is 4.51. The highest BCUT2D eigenvalue weighted by atomic mass is 19.1. The van der Waals surface area contributed by atoms with Gasteiger partial charge in [-0.25, -0.2) is 8.78 Å². The molecule has 1 aliphatic rings. The number of primary amides is 1. The van der Waals surface area contributed by atoms with Crippen LogP contribution in [0.1, 0.15) is 37.7 Å². The van der Waals surface area contributed by atoms with Crippen molar-refractivity contribution in [3.8, 4) is 0 Å². The van der Waals surface area contributed by atoms with Gasteiger partial charge in [-0.15, -0.1) is 0 Å². The molecule has 0 aromatic heterocycles. The molecule has 0 aliphatic heterocycles. The number of hydrogen-bond donors (Lipinski definition) is 2. The zero-order chi connectivity index (χ0) is 16.1. The van der Waals surface area contributed by atoms with Crippen LogP contribution in [0.3, 0.4) is 0 Å². The number of hydrogen-bond acceptors (Lipinski definition) is 2. The summed E-state index contributed by atoms with van der Waals surface area (Å²) >= 11 is 0. The second kappa shape index (κ2) is 7.33. The van der Waals surface area contributed by atoms with Gasteiger partial charge < -0.3 is 11.1 Å². The summed E-state index contributed by atoms with van der Waals surface area (Å²) in [6.45, 7) is 0. The molecule has 0 saturated heterocycles. The Morgan fingerprint density at radius 1 is 1.14 bits per heavy atom. The van der Waals surface area contributed by atoms with E-state index < -0.39 is 29.5 Å². The van der Waals surface area contributed by atoms with Crippen molar-refractivity contribution < 1.29 is 18.4 Å². The highest BCUT2D eigenvalue weighted by molar-refractivity contribution is 5.87. The van der Waals surface area contributed by atoms with Gasteiger partial charge in [-0.1, -0.05) is 19.3 Å². The van der Waals surface area contributed by atoms with E-state index in [-0.39, 0.29) is 17.9 Å². The lowest BCUT2D eigenvalue weighted by atomic mass is 9.83. The summed E-state index contributed by atoms with van der Waals surface area (Å²) in [7, 11) is 0. The number of amides is 2. The van der Waals surface area contributed by atoms with E-state index in [9.17, 15) is 18.4 Å². The second-order valence-electron chi connectivity index (χ2n) is 5.80. The number of rotatable bonds is 5. The Morgan fingerprint density at radius 2 is 1.73 bits per heavy atom. The molecule has 0 radical (unpaired) electrons. The fraction of sp³-hybridized carbons (Fsp3) is 0.500. The molecule has 1 saturated carbocycles. The molecule has 0 spiro atoms. The molecule has 0 heterocycles. The average molecular weight is 310 g/mol. The van der Waals surface area contributed by atoms with Gasteiger partial charge in [-0.3, -0.25) is 9.59 Å². The molecule has 1 fully saturated rings. The maximum Gasteiger partial charge on any atom is 0.240 e. The van der Waals surface area contributed by atoms with Gasteiger partial charge in [-0.2, -0.15) is 0 Å². The lowest BCUT2D eigenvalue weighted by Crippen LogP contribution is -2.50. The van der Waals surface area contributed by atoms with Gasteiger partial charge in [0.2, 0.25) is 11.8 Å². The Labute approximate surface area is 128 Å². The lowest BCUT2D eigenvalue weighted by molar-refractivity contribution is -0.128. The van der Waals surface area contributed by atoms with Crippen LogP contribution in [0, 0.1) is 17.6 Å². The summed E-state index contributed by atoms with van der Waals surface area (Å²) < 4.78 is 26.2. The van der Waals surface area contributed by atoms with Crippen LogP contribution >= 0.6 is 0 Å². The highest BCUT2D eigenvalue weighted by Crippen LogP contribution is 2.26. The average Bonchev–Trinajstić information content (AvgIpc) is 2.44. The molecule has 0 bridgehead atoms. The Hall–Kier alpha value is -1.98. The maximum atomic E-state index is 13.1. The summed E-state index contributed by atoms with van der Waals surface area (Å²) in [4.78, 5) is 23.6. The molecular weight excluding hydrogens is 290 g/mol. The SMILES string of the molecule is NC(=O)[C@@H](NC(=O)Cc1cc(F)cc(F)c1)C1CCCCC1. The van der Waals surface area contributed by atoms with Gasteiger partial charge in [0, 0.05) is 6.07 Å². The first-order valence-corrected chi connectivity index (χ1v) is 7.49. The van der Waals surface area contributed by atoms with Crippen LogP contribution in [0.15, 0.2) is 18.2 Å². The molecular formula is C16H20F2N2O2. The number of nitrogens with one attached hydrogen (secondary N) is 1. The monoisotopic (exact) mass is 310 g/mol. The summed E-state index contributed by atoms with van der Waals surface area (Å²) in [5.74, 6) is -2.45. The number of halogens is 2. The molecule has 2 rings (SSSR count). The van der Waals surface area contributed by atoms with Gasteiger partial charge in [0.1, 0.15) is 17.7 Å². The van der Waals surface area contributed by atoms with Crippen LogP contribution in [0.4, 0.5) is 8.78 Å². The number of nitrogens with two attached hydrogens (primary N) is 1. The third-order valence-electron chi connectivity index (χ3n) is 4.03. The van der Waals surface area contributed by atoms with Crippen molar-refractivity contribution in [2.75, 3.05) is 0 Å². The minimum absolute atomic E-state index is 0.0412. The predicted molar refractivity (Wildman–Crippen MR) is 77.8 cm³/mol. The first kappa shape index (κ1) is 16.4. The van der Waals surface area contributed by atoms with E-state index in [0.717, 1.165) is 50.3 Å². The zero-order valence-corrected chi connectivity index (χ0v) is 12.3. The highest BCUT2D eigenvalue weighted by Gasteiger charge is 2.29. The van der Waals surface area contributed by atoms with E-state index in [1.807, 2.05) is 0 Å². The van der Waals surface area contributed by atoms with Crippen LogP contribution < -0.4 is 11.1 Å². The van der Waals surface area contributed by atoms with Crippen LogP contribution in [-0.2, 0) is 16.0 Å². The number of benzene rings is 1. The van der Waals surface area contributed by atoms with Crippen LogP contribution in [0.2, 0.25) is 0 Å². The fourth-order valence-corrected chi connectivity index (χ4v) is 3.01. The largest absolute Gasteiger partial charge is 0.368 e. The predicted octanol–water partition coefficient (Wildman–Crippen LogP) is 2.06. The minimum atomic E-state index is -0.735. The van der Waals surface area contributed by atoms with E-state index in [0.29, 0.717) is 0 Å². The number of carbonyl (C=O) groups is 2. The second-order valence-corrected chi connectivity index (χ2v) is 5.80. The van der Waals surface area contributed by atoms with E-state index in [1.54, 1.807) is 0 Å². The Morgan fingerprint density at radius 3 is 2.27 bits per heavy atom. The zero-order valence-electron chi connectivity index (χ0n) is 12.3. The third-order valence-corrected chi connectivity index (χ3v) is 4.03. The summed E-state index contributed by atoms with van der Waals surface area (Å²) in [6.07, 6.45) is 4.66. The molecule has 22 heavy (non-hydrogen) atoms. The lowest BCUT2D eigenvalue weighted by Gasteiger charge is -2.28. The maximum absolute atomic E-state index is 13.1. The molecule has 3 N–H and O–H groups in total. The van der Waals surface area contributed by atoms with Gasteiger partial charge in [0.15, 0.2) is 0 Å². The van der Waals surface area contributed by atoms with Gasteiger partial charge in [0.25, 0.3) is 0 Å². The van der Waals surface area contributed by atoms with E-state index >= 15 is 0 Å². The van der Waals surface area contributed by atoms with E-state index in [1.165, 1.54) is 0 Å². The normalized spacial score (nSPS) is 17.0. The first-order chi connectivity index (χ1) is 10.5. The molecule has 1 aliphatic carbocycles. The summed E-state index contributed by atoms with van der Waals surface area (Å²) in [5, 5.41) is 2.62. The van der Waals surface area contributed by atoms with Gasteiger partial charge >= 0.3 is 0 Å². The molecule has 120 valence electrons. The summed E-state index contributed by atoms with van der Waals surface area (Å²) in [5.41, 5.74) is 5.61. The summed E-state index contributed by atoms with van der Waals surface area (Å²) in [6, 6.07) is 2.23. The van der Waals surface area contributed by atoms with Crippen LogP contribution in [0.5, 0.6) is 0 Å². The Bertz CT molecular complexity index is 537. The van der Waals surface area contributed by atoms with Gasteiger partial charge in [-0.05, 0) is 36.5 Å². The molecule has 0 unspecified atom stereocenters. The standard InChI is InChI=1S/C16H20F2N2O2/c17-12-6-10(7-13(18)9-12)8-14(21)20-15(16(19)22)11-4-2-1-3-5-11/h6-7,9,11,15H,1-5,8H2,(H2,19,22)(H,20,21)/t15-/m0/s1. The molecule has 1 aromatic rings. The molecule has 2 amide bonds. The van der Waals surface area contributed by atoms with Crippen molar-refractivity contribution in [2.24, 2.45) is 11.7 Å². The molecule has 6 heteroatoms. The van der Waals surface area contributed by atoms with Crippen molar-refractivity contribution >= 4 is 11.8 Å². The van der Waals surface area contributed by atoms with Crippen molar-refractivity contribution in [1.82, 2.24) is 5.32 Å². The molecule has 1 aromatic carbocycles. The fourth-order valence-electron chi connectivity index (χ4n) is 3.01. The minimum Gasteiger partial charge on any atom is -0.368 e. The first-order valence-electron chi connectivity index (χ1n) is 7.49. The van der Waals surface area contributed by atoms with Crippen molar-refractivity contribution in [1.29, 1.82) is 0 Å². The smallest absolute Gasteiger partial charge is 0.240 e. The Kier molecular flexibility index (Phi) is 5.46. The topological polar surface area (TPSA) is 72.2 Å². The van der Waals surface area contributed by atoms with Crippen molar-refractivity contribution in [3.63, 3.8) is 0 Å². The molecule has 4 nitrogen and oxygen atoms in total. The van der Waals surface area contributed by atoms with Crippen LogP contribution in [-0.4, -0.2) is 17.9 Å². The van der Waals surface area contributed by atoms with Crippen molar-refractivity contribution in [3.05, 3.63) is 35.4 Å². The molecule has 1 atom stereocenters. The Balaban J connectivity index is 2.00. The number of carbonyl (C=O) groups excluding carboxylic acids is 2. The van der Waals surface area contributed by atoms with E-state index in [2.05, 4.69) is 5.32 Å². The van der Waals surface area contributed by atoms with Gasteiger partial charge in [0.05, 0.1) is 6.42 Å². The quantitative estimate of drug-likeness (QED) is 0.874. The van der Waals surface area contributed by atoms with E-state index in [4.69, 9.17) is 5.73 Å². The van der Waals surface area contributed by atoms with Crippen LogP contribution in [0.25, 0.3) is 0 Å². The van der Waals surface area contributed by atoms with Crippen molar-refractivity contribution in [2.45, 2.75) is 44.6 Å².